The first kappa shape index (κ1) is 5.31. The molecule has 3 heteroatoms. The molecular weight excluding hydrogens is 102 g/mol. The molecule has 1 radical (unpaired) electrons. The summed E-state index contributed by atoms with van der Waals surface area (Å²) in [5.74, 6) is 0. The number of hydrogen-bond acceptors (Lipinski definition) is 1. The Hall–Kier alpha value is -0.830. The summed E-state index contributed by atoms with van der Waals surface area (Å²) in [6, 6.07) is 0. The van der Waals surface area contributed by atoms with Gasteiger partial charge in [0.15, 0.2) is 0 Å². The highest BCUT2D eigenvalue weighted by Gasteiger charge is 1.82. The van der Waals surface area contributed by atoms with E-state index in [1.807, 2.05) is 10.8 Å². The first-order valence-electron chi connectivity index (χ1n) is 2.54. The molecule has 0 spiro atoms. The molecule has 1 N–H and O–H groups in total. The molecule has 0 saturated carbocycles. The van der Waals surface area contributed by atoms with Crippen LogP contribution in [0.4, 0.5) is 0 Å². The summed E-state index contributed by atoms with van der Waals surface area (Å²) in [5.41, 5.74) is 6.83. The van der Waals surface area contributed by atoms with Crippen LogP contribution in [0.1, 0.15) is 0 Å². The number of aromatic nitrogens is 2. The van der Waals surface area contributed by atoms with E-state index in [0.717, 1.165) is 6.54 Å². The molecule has 0 amide bonds. The van der Waals surface area contributed by atoms with Gasteiger partial charge in [-0.05, 0) is 0 Å². The summed E-state index contributed by atoms with van der Waals surface area (Å²) in [7, 11) is 0. The van der Waals surface area contributed by atoms with Crippen LogP contribution in [0.5, 0.6) is 0 Å². The van der Waals surface area contributed by atoms with Gasteiger partial charge in [0.25, 0.3) is 0 Å². The van der Waals surface area contributed by atoms with E-state index < -0.39 is 0 Å². The van der Waals surface area contributed by atoms with E-state index in [4.69, 9.17) is 5.73 Å². The lowest BCUT2D eigenvalue weighted by Gasteiger charge is -1.92. The molecule has 3 nitrogen and oxygen atoms in total. The molecule has 1 heterocycles. The largest absolute Gasteiger partial charge is 0.336 e. The molecule has 1 rings (SSSR count). The van der Waals surface area contributed by atoms with Crippen molar-refractivity contribution in [1.29, 1.82) is 0 Å². The highest BCUT2D eigenvalue weighted by Crippen LogP contribution is 1.81. The van der Waals surface area contributed by atoms with Crippen LogP contribution in [0, 0.1) is 0 Å². The summed E-state index contributed by atoms with van der Waals surface area (Å²) in [5, 5.41) is 0. The maximum atomic E-state index is 6.83. The number of imidazole rings is 1. The molecular formula is C5H8N3. The zero-order chi connectivity index (χ0) is 5.82. The minimum Gasteiger partial charge on any atom is -0.336 e. The average Bonchev–Trinajstić information content (AvgIpc) is 2.19. The Kier molecular flexibility index (Phi) is 1.64. The lowest BCUT2D eigenvalue weighted by Crippen LogP contribution is -1.99. The van der Waals surface area contributed by atoms with Gasteiger partial charge in [-0.15, -0.1) is 0 Å². The van der Waals surface area contributed by atoms with Crippen LogP contribution >= 0.6 is 0 Å². The molecule has 0 atom stereocenters. The zero-order valence-electron chi connectivity index (χ0n) is 4.54. The summed E-state index contributed by atoms with van der Waals surface area (Å²) in [6.07, 6.45) is 5.29. The van der Waals surface area contributed by atoms with Gasteiger partial charge in [0, 0.05) is 25.5 Å². The van der Waals surface area contributed by atoms with Crippen LogP contribution in [-0.2, 0) is 6.54 Å². The monoisotopic (exact) mass is 110 g/mol. The average molecular weight is 110 g/mol. The first-order chi connectivity index (χ1) is 3.93. The highest BCUT2D eigenvalue weighted by molar-refractivity contribution is 4.73. The first-order valence-corrected chi connectivity index (χ1v) is 2.54. The quantitative estimate of drug-likeness (QED) is 0.535. The molecule has 0 aliphatic rings. The van der Waals surface area contributed by atoms with Crippen molar-refractivity contribution in [2.24, 2.45) is 0 Å². The summed E-state index contributed by atoms with van der Waals surface area (Å²) in [6.45, 7) is 1.18. The third-order valence-electron chi connectivity index (χ3n) is 0.929. The van der Waals surface area contributed by atoms with E-state index in [0.29, 0.717) is 6.54 Å². The lowest BCUT2D eigenvalue weighted by atomic mass is 10.6. The second-order valence-electron chi connectivity index (χ2n) is 1.55. The number of rotatable bonds is 2. The predicted molar refractivity (Wildman–Crippen MR) is 30.2 cm³/mol. The molecule has 0 fully saturated rings. The SMILES string of the molecule is [NH]CCn1ccnc1. The van der Waals surface area contributed by atoms with Crippen molar-refractivity contribution in [3.63, 3.8) is 0 Å². The van der Waals surface area contributed by atoms with Crippen molar-refractivity contribution in [2.45, 2.75) is 6.54 Å². The van der Waals surface area contributed by atoms with Crippen molar-refractivity contribution in [1.82, 2.24) is 15.3 Å². The molecule has 0 aliphatic carbocycles. The van der Waals surface area contributed by atoms with Crippen molar-refractivity contribution in [2.75, 3.05) is 6.54 Å². The molecule has 8 heavy (non-hydrogen) atoms. The van der Waals surface area contributed by atoms with Gasteiger partial charge in [-0.1, -0.05) is 0 Å². The fourth-order valence-corrected chi connectivity index (χ4v) is 0.548. The topological polar surface area (TPSA) is 41.6 Å². The fraction of sp³-hybridized carbons (Fsp3) is 0.400. The van der Waals surface area contributed by atoms with Crippen LogP contribution in [-0.4, -0.2) is 16.1 Å². The Morgan fingerprint density at radius 3 is 3.00 bits per heavy atom. The summed E-state index contributed by atoms with van der Waals surface area (Å²) < 4.78 is 1.88. The predicted octanol–water partition coefficient (Wildman–Crippen LogP) is 0.166. The van der Waals surface area contributed by atoms with E-state index >= 15 is 0 Å². The van der Waals surface area contributed by atoms with Gasteiger partial charge < -0.3 is 4.57 Å². The van der Waals surface area contributed by atoms with Gasteiger partial charge in [-0.3, -0.25) is 5.73 Å². The molecule has 1 aromatic rings. The molecule has 43 valence electrons. The van der Waals surface area contributed by atoms with Crippen LogP contribution in [0.25, 0.3) is 0 Å². The van der Waals surface area contributed by atoms with Crippen molar-refractivity contribution < 1.29 is 0 Å². The lowest BCUT2D eigenvalue weighted by molar-refractivity contribution is 0.698. The van der Waals surface area contributed by atoms with Gasteiger partial charge in [0.2, 0.25) is 0 Å². The third kappa shape index (κ3) is 1.07. The van der Waals surface area contributed by atoms with Crippen molar-refractivity contribution in [3.05, 3.63) is 18.7 Å². The molecule has 0 unspecified atom stereocenters. The van der Waals surface area contributed by atoms with Gasteiger partial charge >= 0.3 is 0 Å². The number of nitrogens with one attached hydrogen (secondary N) is 1. The van der Waals surface area contributed by atoms with Crippen molar-refractivity contribution in [3.8, 4) is 0 Å². The molecule has 1 aromatic heterocycles. The summed E-state index contributed by atoms with van der Waals surface area (Å²) >= 11 is 0. The Morgan fingerprint density at radius 2 is 2.50 bits per heavy atom. The minimum absolute atomic E-state index is 0.427. The Morgan fingerprint density at radius 1 is 1.62 bits per heavy atom. The number of hydrogen-bond donors (Lipinski definition) is 0. The fourth-order valence-electron chi connectivity index (χ4n) is 0.548. The summed E-state index contributed by atoms with van der Waals surface area (Å²) in [4.78, 5) is 3.82. The smallest absolute Gasteiger partial charge is 0.0946 e. The maximum Gasteiger partial charge on any atom is 0.0946 e. The maximum absolute atomic E-state index is 6.83. The Bertz CT molecular complexity index is 133. The molecule has 0 saturated heterocycles. The zero-order valence-corrected chi connectivity index (χ0v) is 4.54. The normalized spacial score (nSPS) is 9.62. The van der Waals surface area contributed by atoms with E-state index in [-0.39, 0.29) is 0 Å². The van der Waals surface area contributed by atoms with Gasteiger partial charge in [0.05, 0.1) is 6.33 Å². The minimum atomic E-state index is 0.427. The number of nitrogens with zero attached hydrogens (tertiary/aromatic N) is 2. The van der Waals surface area contributed by atoms with Gasteiger partial charge in [0.1, 0.15) is 0 Å². The van der Waals surface area contributed by atoms with E-state index in [9.17, 15) is 0 Å². The molecule has 0 aliphatic heterocycles. The van der Waals surface area contributed by atoms with Gasteiger partial charge in [-0.2, -0.15) is 0 Å². The van der Waals surface area contributed by atoms with Gasteiger partial charge in [-0.25, -0.2) is 4.98 Å². The van der Waals surface area contributed by atoms with Crippen LogP contribution in [0.3, 0.4) is 0 Å². The molecule has 0 bridgehead atoms. The standard InChI is InChI=1S/C5H8N3/c6-1-3-8-4-2-7-5-8/h2,4-6H,1,3H2. The Balaban J connectivity index is 2.50. The third-order valence-corrected chi connectivity index (χ3v) is 0.929. The van der Waals surface area contributed by atoms with E-state index in [1.165, 1.54) is 0 Å². The second kappa shape index (κ2) is 2.47. The van der Waals surface area contributed by atoms with Crippen LogP contribution in [0.15, 0.2) is 18.7 Å². The van der Waals surface area contributed by atoms with E-state index in [2.05, 4.69) is 4.98 Å². The Labute approximate surface area is 48.1 Å². The van der Waals surface area contributed by atoms with Crippen LogP contribution < -0.4 is 5.73 Å². The second-order valence-corrected chi connectivity index (χ2v) is 1.55. The van der Waals surface area contributed by atoms with Crippen molar-refractivity contribution >= 4 is 0 Å². The highest BCUT2D eigenvalue weighted by atomic mass is 15.0. The van der Waals surface area contributed by atoms with Crippen LogP contribution in [0.2, 0.25) is 0 Å². The van der Waals surface area contributed by atoms with E-state index in [1.54, 1.807) is 12.5 Å². The molecule has 0 aromatic carbocycles.